The minimum absolute atomic E-state index is 0.180. The van der Waals surface area contributed by atoms with Crippen LogP contribution < -0.4 is 5.56 Å². The van der Waals surface area contributed by atoms with Gasteiger partial charge in [-0.1, -0.05) is 17.7 Å². The largest absolute Gasteiger partial charge is 0.339 e. The smallest absolute Gasteiger partial charge is 0.296 e. The third kappa shape index (κ3) is 1.76. The second kappa shape index (κ2) is 4.68. The normalized spacial score (nSPS) is 11.4. The Morgan fingerprint density at radius 1 is 1.14 bits per heavy atom. The fourth-order valence-corrected chi connectivity index (χ4v) is 2.93. The fraction of sp³-hybridized carbons (Fsp3) is 0.0625. The van der Waals surface area contributed by atoms with Crippen LogP contribution in [0.25, 0.3) is 27.5 Å². The highest BCUT2D eigenvalue weighted by Crippen LogP contribution is 2.27. The minimum atomic E-state index is -0.180. The average Bonchev–Trinajstić information content (AvgIpc) is 2.82. The van der Waals surface area contributed by atoms with E-state index in [1.807, 2.05) is 29.8 Å². The van der Waals surface area contributed by atoms with Gasteiger partial charge >= 0.3 is 0 Å². The van der Waals surface area contributed by atoms with Gasteiger partial charge in [-0.25, -0.2) is 0 Å². The van der Waals surface area contributed by atoms with Crippen LogP contribution in [-0.2, 0) is 7.05 Å². The number of halogens is 1. The van der Waals surface area contributed by atoms with Crippen LogP contribution >= 0.6 is 11.6 Å². The maximum Gasteiger partial charge on any atom is 0.296 e. The maximum absolute atomic E-state index is 12.8. The highest BCUT2D eigenvalue weighted by atomic mass is 35.5. The highest BCUT2D eigenvalue weighted by Gasteiger charge is 2.14. The van der Waals surface area contributed by atoms with Gasteiger partial charge in [0.2, 0.25) is 0 Å². The number of aryl methyl sites for hydroxylation is 1. The molecule has 0 aliphatic carbocycles. The molecule has 4 rings (SSSR count). The molecule has 0 unspecified atom stereocenters. The summed E-state index contributed by atoms with van der Waals surface area (Å²) in [5.74, 6) is 0. The van der Waals surface area contributed by atoms with Crippen molar-refractivity contribution in [1.29, 1.82) is 0 Å². The topological polar surface area (TPSA) is 52.7 Å². The third-order valence-electron chi connectivity index (χ3n) is 3.79. The summed E-state index contributed by atoms with van der Waals surface area (Å²) >= 11 is 6.06. The van der Waals surface area contributed by atoms with Crippen LogP contribution in [0.1, 0.15) is 0 Å². The number of aromatic nitrogens is 4. The Morgan fingerprint density at radius 3 is 2.77 bits per heavy atom. The Hall–Kier alpha value is -2.66. The quantitative estimate of drug-likeness (QED) is 0.543. The van der Waals surface area contributed by atoms with E-state index in [0.717, 1.165) is 16.3 Å². The lowest BCUT2D eigenvalue weighted by atomic mass is 10.2. The van der Waals surface area contributed by atoms with E-state index in [2.05, 4.69) is 10.1 Å². The lowest BCUT2D eigenvalue weighted by Crippen LogP contribution is -2.22. The van der Waals surface area contributed by atoms with Gasteiger partial charge < -0.3 is 4.57 Å². The SMILES string of the molecule is Cn1c2cc(Cl)ccc2c2cnn(-c3cccnc3)c(=O)c21. The molecule has 5 nitrogen and oxygen atoms in total. The van der Waals surface area contributed by atoms with Crippen LogP contribution in [0.15, 0.2) is 53.7 Å². The molecule has 0 atom stereocenters. The van der Waals surface area contributed by atoms with Crippen molar-refractivity contribution in [2.75, 3.05) is 0 Å². The third-order valence-corrected chi connectivity index (χ3v) is 4.02. The molecule has 0 aliphatic heterocycles. The first-order valence-corrected chi connectivity index (χ1v) is 7.11. The van der Waals surface area contributed by atoms with Crippen molar-refractivity contribution in [2.24, 2.45) is 7.05 Å². The van der Waals surface area contributed by atoms with Gasteiger partial charge in [0.1, 0.15) is 5.52 Å². The Balaban J connectivity index is 2.14. The van der Waals surface area contributed by atoms with Crippen LogP contribution in [0.3, 0.4) is 0 Å². The predicted molar refractivity (Wildman–Crippen MR) is 86.6 cm³/mol. The molecule has 0 radical (unpaired) electrons. The van der Waals surface area contributed by atoms with Crippen molar-refractivity contribution in [3.8, 4) is 5.69 Å². The number of hydrogen-bond acceptors (Lipinski definition) is 3. The van der Waals surface area contributed by atoms with Crippen molar-refractivity contribution in [3.63, 3.8) is 0 Å². The van der Waals surface area contributed by atoms with E-state index in [4.69, 9.17) is 11.6 Å². The summed E-state index contributed by atoms with van der Waals surface area (Å²) in [6.45, 7) is 0. The molecular formula is C16H11ClN4O. The van der Waals surface area contributed by atoms with E-state index >= 15 is 0 Å². The Kier molecular flexibility index (Phi) is 2.77. The van der Waals surface area contributed by atoms with E-state index in [1.165, 1.54) is 4.68 Å². The van der Waals surface area contributed by atoms with E-state index in [1.54, 1.807) is 30.7 Å². The van der Waals surface area contributed by atoms with Crippen LogP contribution in [0.2, 0.25) is 5.02 Å². The van der Waals surface area contributed by atoms with Gasteiger partial charge in [0, 0.05) is 29.0 Å². The summed E-state index contributed by atoms with van der Waals surface area (Å²) in [6, 6.07) is 9.15. The number of pyridine rings is 1. The molecule has 0 N–H and O–H groups in total. The summed E-state index contributed by atoms with van der Waals surface area (Å²) in [6.07, 6.45) is 4.98. The number of rotatable bonds is 1. The van der Waals surface area contributed by atoms with E-state index in [-0.39, 0.29) is 5.56 Å². The molecule has 0 saturated heterocycles. The molecule has 4 aromatic rings. The van der Waals surface area contributed by atoms with Crippen LogP contribution in [0.4, 0.5) is 0 Å². The number of fused-ring (bicyclic) bond motifs is 3. The highest BCUT2D eigenvalue weighted by molar-refractivity contribution is 6.31. The molecule has 0 bridgehead atoms. The molecule has 3 heterocycles. The van der Waals surface area contributed by atoms with Crippen molar-refractivity contribution < 1.29 is 0 Å². The predicted octanol–water partition coefficient (Wildman–Crippen LogP) is 2.93. The first-order chi connectivity index (χ1) is 10.7. The van der Waals surface area contributed by atoms with Crippen molar-refractivity contribution >= 4 is 33.4 Å². The molecule has 0 aliphatic rings. The van der Waals surface area contributed by atoms with Crippen LogP contribution in [0.5, 0.6) is 0 Å². The van der Waals surface area contributed by atoms with Gasteiger partial charge in [0.05, 0.1) is 23.6 Å². The van der Waals surface area contributed by atoms with Gasteiger partial charge in [-0.2, -0.15) is 9.78 Å². The first kappa shape index (κ1) is 13.0. The van der Waals surface area contributed by atoms with E-state index in [0.29, 0.717) is 16.2 Å². The van der Waals surface area contributed by atoms with E-state index < -0.39 is 0 Å². The first-order valence-electron chi connectivity index (χ1n) is 6.73. The maximum atomic E-state index is 12.8. The fourth-order valence-electron chi connectivity index (χ4n) is 2.76. The second-order valence-electron chi connectivity index (χ2n) is 5.06. The van der Waals surface area contributed by atoms with Gasteiger partial charge in [-0.05, 0) is 24.3 Å². The lowest BCUT2D eigenvalue weighted by molar-refractivity contribution is 0.807. The lowest BCUT2D eigenvalue weighted by Gasteiger charge is -2.04. The van der Waals surface area contributed by atoms with Crippen molar-refractivity contribution in [1.82, 2.24) is 19.3 Å². The van der Waals surface area contributed by atoms with Gasteiger partial charge in [-0.3, -0.25) is 9.78 Å². The molecule has 0 fully saturated rings. The zero-order valence-corrected chi connectivity index (χ0v) is 12.4. The second-order valence-corrected chi connectivity index (χ2v) is 5.49. The minimum Gasteiger partial charge on any atom is -0.339 e. The molecular weight excluding hydrogens is 300 g/mol. The summed E-state index contributed by atoms with van der Waals surface area (Å²) in [7, 11) is 1.86. The Bertz CT molecular complexity index is 1070. The zero-order valence-electron chi connectivity index (χ0n) is 11.7. The number of benzene rings is 1. The monoisotopic (exact) mass is 310 g/mol. The summed E-state index contributed by atoms with van der Waals surface area (Å²) < 4.78 is 3.21. The number of nitrogens with zero attached hydrogens (tertiary/aromatic N) is 4. The molecule has 0 saturated carbocycles. The van der Waals surface area contributed by atoms with Gasteiger partial charge in [0.25, 0.3) is 5.56 Å². The Morgan fingerprint density at radius 2 is 2.00 bits per heavy atom. The molecule has 3 aromatic heterocycles. The molecule has 1 aromatic carbocycles. The zero-order chi connectivity index (χ0) is 15.3. The molecule has 22 heavy (non-hydrogen) atoms. The van der Waals surface area contributed by atoms with Crippen molar-refractivity contribution in [3.05, 3.63) is 64.3 Å². The molecule has 108 valence electrons. The Labute approximate surface area is 130 Å². The molecule has 0 amide bonds. The molecule has 6 heteroatoms. The van der Waals surface area contributed by atoms with Gasteiger partial charge in [-0.15, -0.1) is 0 Å². The molecule has 0 spiro atoms. The van der Waals surface area contributed by atoms with Gasteiger partial charge in [0.15, 0.2) is 0 Å². The van der Waals surface area contributed by atoms with E-state index in [9.17, 15) is 4.79 Å². The van der Waals surface area contributed by atoms with Crippen LogP contribution in [-0.4, -0.2) is 19.3 Å². The summed E-state index contributed by atoms with van der Waals surface area (Å²) in [5.41, 5.74) is 1.96. The standard InChI is InChI=1S/C16H11ClN4O/c1-20-14-7-10(17)4-5-12(14)13-9-19-21(16(22)15(13)20)11-3-2-6-18-8-11/h2-9H,1H3. The average molecular weight is 311 g/mol. The summed E-state index contributed by atoms with van der Waals surface area (Å²) in [5, 5.41) is 6.70. The number of hydrogen-bond donors (Lipinski definition) is 0. The van der Waals surface area contributed by atoms with Crippen LogP contribution in [0, 0.1) is 0 Å². The van der Waals surface area contributed by atoms with Crippen molar-refractivity contribution in [2.45, 2.75) is 0 Å². The summed E-state index contributed by atoms with van der Waals surface area (Å²) in [4.78, 5) is 16.9.